The molecule has 76 valence electrons. The zero-order valence-corrected chi connectivity index (χ0v) is 9.37. The fourth-order valence-corrected chi connectivity index (χ4v) is 1.86. The van der Waals surface area contributed by atoms with E-state index in [0.717, 1.165) is 16.5 Å². The molecule has 2 heterocycles. The van der Waals surface area contributed by atoms with Crippen LogP contribution in [0.5, 0.6) is 0 Å². The lowest BCUT2D eigenvalue weighted by atomic mass is 10.4. The number of hydrogen-bond acceptors (Lipinski definition) is 4. The summed E-state index contributed by atoms with van der Waals surface area (Å²) in [6, 6.07) is 9.43. The first-order valence-corrected chi connectivity index (χ1v) is 5.73. The highest BCUT2D eigenvalue weighted by molar-refractivity contribution is 7.98. The highest BCUT2D eigenvalue weighted by Gasteiger charge is 1.98. The maximum atomic E-state index is 5.64. The van der Waals surface area contributed by atoms with E-state index in [1.54, 1.807) is 24.0 Å². The van der Waals surface area contributed by atoms with Gasteiger partial charge in [0.25, 0.3) is 0 Å². The smallest absolute Gasteiger partial charge is 0.151 e. The van der Waals surface area contributed by atoms with Crippen molar-refractivity contribution < 1.29 is 0 Å². The minimum absolute atomic E-state index is 0.418. The van der Waals surface area contributed by atoms with Gasteiger partial charge in [-0.3, -0.25) is 0 Å². The Kier molecular flexibility index (Phi) is 3.53. The molecule has 15 heavy (non-hydrogen) atoms. The first-order chi connectivity index (χ1) is 7.34. The number of thioether (sulfide) groups is 1. The van der Waals surface area contributed by atoms with Crippen LogP contribution in [-0.4, -0.2) is 15.2 Å². The topological polar surface area (TPSA) is 38.7 Å². The van der Waals surface area contributed by atoms with E-state index >= 15 is 0 Å². The van der Waals surface area contributed by atoms with E-state index in [0.29, 0.717) is 5.15 Å². The zero-order valence-electron chi connectivity index (χ0n) is 7.80. The quantitative estimate of drug-likeness (QED) is 0.770. The van der Waals surface area contributed by atoms with E-state index in [9.17, 15) is 0 Å². The summed E-state index contributed by atoms with van der Waals surface area (Å²) in [6.45, 7) is 0. The molecular formula is C10H8ClN3S. The summed E-state index contributed by atoms with van der Waals surface area (Å²) in [5.74, 6) is 0.751. The Hall–Kier alpha value is -1.13. The monoisotopic (exact) mass is 237 g/mol. The Morgan fingerprint density at radius 3 is 2.73 bits per heavy atom. The van der Waals surface area contributed by atoms with Crippen LogP contribution in [0.4, 0.5) is 0 Å². The summed E-state index contributed by atoms with van der Waals surface area (Å²) in [7, 11) is 0. The second kappa shape index (κ2) is 5.09. The van der Waals surface area contributed by atoms with Crippen molar-refractivity contribution in [3.63, 3.8) is 0 Å². The average Bonchev–Trinajstić information content (AvgIpc) is 2.30. The van der Waals surface area contributed by atoms with E-state index in [2.05, 4.69) is 15.2 Å². The molecule has 0 aliphatic rings. The molecule has 2 aromatic heterocycles. The van der Waals surface area contributed by atoms with Gasteiger partial charge in [0.2, 0.25) is 0 Å². The molecule has 0 fully saturated rings. The Morgan fingerprint density at radius 2 is 2.07 bits per heavy atom. The van der Waals surface area contributed by atoms with Crippen LogP contribution in [0, 0.1) is 0 Å². The van der Waals surface area contributed by atoms with E-state index in [4.69, 9.17) is 11.6 Å². The second-order valence-corrected chi connectivity index (χ2v) is 4.19. The Labute approximate surface area is 96.9 Å². The summed E-state index contributed by atoms with van der Waals surface area (Å²) in [4.78, 5) is 4.20. The van der Waals surface area contributed by atoms with Gasteiger partial charge in [-0.15, -0.1) is 5.10 Å². The Bertz CT molecular complexity index is 418. The van der Waals surface area contributed by atoms with Crippen LogP contribution in [0.2, 0.25) is 5.15 Å². The molecule has 2 rings (SSSR count). The maximum absolute atomic E-state index is 5.64. The number of aromatic nitrogens is 3. The summed E-state index contributed by atoms with van der Waals surface area (Å²) >= 11 is 7.26. The summed E-state index contributed by atoms with van der Waals surface area (Å²) in [5, 5.41) is 9.13. The van der Waals surface area contributed by atoms with Gasteiger partial charge < -0.3 is 0 Å². The normalized spacial score (nSPS) is 10.2. The van der Waals surface area contributed by atoms with Crippen molar-refractivity contribution in [2.45, 2.75) is 10.8 Å². The molecule has 5 heteroatoms. The van der Waals surface area contributed by atoms with Gasteiger partial charge in [-0.25, -0.2) is 4.98 Å². The van der Waals surface area contributed by atoms with Gasteiger partial charge in [-0.2, -0.15) is 5.10 Å². The molecular weight excluding hydrogens is 230 g/mol. The lowest BCUT2D eigenvalue weighted by molar-refractivity contribution is 0.970. The van der Waals surface area contributed by atoms with Gasteiger partial charge in [0, 0.05) is 11.9 Å². The summed E-state index contributed by atoms with van der Waals surface area (Å²) in [6.07, 6.45) is 1.77. The van der Waals surface area contributed by atoms with E-state index in [1.165, 1.54) is 0 Å². The fourth-order valence-electron chi connectivity index (χ4n) is 1.00. The van der Waals surface area contributed by atoms with Crippen LogP contribution in [-0.2, 0) is 5.75 Å². The van der Waals surface area contributed by atoms with Crippen LogP contribution in [0.15, 0.2) is 41.6 Å². The van der Waals surface area contributed by atoms with Crippen molar-refractivity contribution in [2.75, 3.05) is 0 Å². The van der Waals surface area contributed by atoms with Crippen molar-refractivity contribution in [2.24, 2.45) is 0 Å². The summed E-state index contributed by atoms with van der Waals surface area (Å²) in [5.41, 5.74) is 0.898. The molecule has 0 N–H and O–H groups in total. The van der Waals surface area contributed by atoms with E-state index < -0.39 is 0 Å². The third kappa shape index (κ3) is 3.18. The van der Waals surface area contributed by atoms with Gasteiger partial charge in [-0.05, 0) is 24.3 Å². The molecule has 2 aromatic rings. The van der Waals surface area contributed by atoms with Crippen molar-refractivity contribution >= 4 is 23.4 Å². The molecule has 0 aromatic carbocycles. The van der Waals surface area contributed by atoms with Crippen LogP contribution in [0.1, 0.15) is 5.69 Å². The average molecular weight is 238 g/mol. The highest BCUT2D eigenvalue weighted by Crippen LogP contribution is 2.18. The van der Waals surface area contributed by atoms with Crippen LogP contribution < -0.4 is 0 Å². The first-order valence-electron chi connectivity index (χ1n) is 4.36. The van der Waals surface area contributed by atoms with Gasteiger partial charge in [0.1, 0.15) is 0 Å². The minimum atomic E-state index is 0.418. The molecule has 0 saturated heterocycles. The van der Waals surface area contributed by atoms with Gasteiger partial charge in [-0.1, -0.05) is 29.4 Å². The number of halogens is 1. The standard InChI is InChI=1S/C10H8ClN3S/c11-9-5-4-8(13-14-9)7-15-10-3-1-2-6-12-10/h1-6H,7H2. The summed E-state index contributed by atoms with van der Waals surface area (Å²) < 4.78 is 0. The molecule has 3 nitrogen and oxygen atoms in total. The van der Waals surface area contributed by atoms with Crippen molar-refractivity contribution in [3.8, 4) is 0 Å². The third-order valence-electron chi connectivity index (χ3n) is 1.69. The Balaban J connectivity index is 1.96. The van der Waals surface area contributed by atoms with E-state index in [1.807, 2.05) is 24.3 Å². The Morgan fingerprint density at radius 1 is 1.13 bits per heavy atom. The number of nitrogens with zero attached hydrogens (tertiary/aromatic N) is 3. The van der Waals surface area contributed by atoms with Gasteiger partial charge >= 0.3 is 0 Å². The molecule has 0 bridgehead atoms. The van der Waals surface area contributed by atoms with Crippen LogP contribution >= 0.6 is 23.4 Å². The number of rotatable bonds is 3. The molecule has 0 radical (unpaired) electrons. The zero-order chi connectivity index (χ0) is 10.5. The fraction of sp³-hybridized carbons (Fsp3) is 0.100. The molecule has 0 spiro atoms. The van der Waals surface area contributed by atoms with Crippen molar-refractivity contribution in [1.29, 1.82) is 0 Å². The molecule has 0 aliphatic carbocycles. The predicted octanol–water partition coefficient (Wildman–Crippen LogP) is 2.82. The van der Waals surface area contributed by atoms with Gasteiger partial charge in [0.15, 0.2) is 5.15 Å². The molecule has 0 unspecified atom stereocenters. The number of pyridine rings is 1. The second-order valence-electron chi connectivity index (χ2n) is 2.80. The number of hydrogen-bond donors (Lipinski definition) is 0. The predicted molar refractivity (Wildman–Crippen MR) is 60.8 cm³/mol. The van der Waals surface area contributed by atoms with Crippen molar-refractivity contribution in [3.05, 3.63) is 47.4 Å². The largest absolute Gasteiger partial charge is 0.250 e. The lowest BCUT2D eigenvalue weighted by Gasteiger charge is -1.99. The van der Waals surface area contributed by atoms with Gasteiger partial charge in [0.05, 0.1) is 10.7 Å². The van der Waals surface area contributed by atoms with E-state index in [-0.39, 0.29) is 0 Å². The molecule has 0 saturated carbocycles. The van der Waals surface area contributed by atoms with Crippen LogP contribution in [0.25, 0.3) is 0 Å². The highest BCUT2D eigenvalue weighted by atomic mass is 35.5. The maximum Gasteiger partial charge on any atom is 0.151 e. The minimum Gasteiger partial charge on any atom is -0.250 e. The molecule has 0 amide bonds. The molecule has 0 aliphatic heterocycles. The first kappa shape index (κ1) is 10.4. The third-order valence-corrected chi connectivity index (χ3v) is 2.87. The SMILES string of the molecule is Clc1ccc(CSc2ccccn2)nn1. The van der Waals surface area contributed by atoms with Crippen LogP contribution in [0.3, 0.4) is 0 Å². The lowest BCUT2D eigenvalue weighted by Crippen LogP contribution is -1.90. The molecule has 0 atom stereocenters. The van der Waals surface area contributed by atoms with Crippen molar-refractivity contribution in [1.82, 2.24) is 15.2 Å².